The second kappa shape index (κ2) is 6.90. The number of nitrogens with zero attached hydrogens (tertiary/aromatic N) is 3. The predicted molar refractivity (Wildman–Crippen MR) is 115 cm³/mol. The topological polar surface area (TPSA) is 64.4 Å². The molecule has 2 atom stereocenters. The Morgan fingerprint density at radius 3 is 2.60 bits per heavy atom. The van der Waals surface area contributed by atoms with Gasteiger partial charge in [-0.1, -0.05) is 54.6 Å². The molecule has 0 aliphatic carbocycles. The van der Waals surface area contributed by atoms with Crippen molar-refractivity contribution in [1.82, 2.24) is 5.06 Å². The van der Waals surface area contributed by atoms with Crippen LogP contribution in [0.4, 0.5) is 5.69 Å². The molecule has 0 amide bonds. The summed E-state index contributed by atoms with van der Waals surface area (Å²) in [6, 6.07) is 23.6. The van der Waals surface area contributed by atoms with E-state index in [1.165, 1.54) is 5.06 Å². The lowest BCUT2D eigenvalue weighted by atomic mass is 9.88. The minimum atomic E-state index is -0.958. The molecule has 2 aliphatic heterocycles. The molecule has 6 heteroatoms. The van der Waals surface area contributed by atoms with Gasteiger partial charge < -0.3 is 10.5 Å². The first-order valence-electron chi connectivity index (χ1n) is 9.70. The number of nitrogens with two attached hydrogens (primary N) is 1. The Morgan fingerprint density at radius 2 is 1.87 bits per heavy atom. The van der Waals surface area contributed by atoms with Crippen molar-refractivity contribution in [2.24, 2.45) is 10.7 Å². The third-order valence-corrected chi connectivity index (χ3v) is 5.52. The summed E-state index contributed by atoms with van der Waals surface area (Å²) in [4.78, 5) is 14.4. The Labute approximate surface area is 175 Å². The molecule has 2 unspecified atom stereocenters. The van der Waals surface area contributed by atoms with E-state index in [0.29, 0.717) is 23.8 Å². The zero-order chi connectivity index (χ0) is 20.7. The van der Waals surface area contributed by atoms with Gasteiger partial charge in [-0.15, -0.1) is 0 Å². The number of aliphatic imine (C=N–C) groups is 1. The highest BCUT2D eigenvalue weighted by atomic mass is 16.7. The fraction of sp³-hybridized carbons (Fsp3) is 0.167. The Kier molecular flexibility index (Phi) is 4.19. The number of ether oxygens (including phenoxy) is 1. The van der Waals surface area contributed by atoms with Crippen molar-refractivity contribution in [3.05, 3.63) is 95.3 Å². The monoisotopic (exact) mass is 396 g/mol. The number of benzene rings is 3. The lowest BCUT2D eigenvalue weighted by molar-refractivity contribution is -0.191. The van der Waals surface area contributed by atoms with E-state index in [1.54, 1.807) is 13.1 Å². The van der Waals surface area contributed by atoms with E-state index in [0.717, 1.165) is 22.3 Å². The molecule has 0 aromatic heterocycles. The number of hydrogen-bond acceptors (Lipinski definition) is 5. The molecule has 2 heterocycles. The number of fused-ring (bicyclic) bond motifs is 2. The van der Waals surface area contributed by atoms with E-state index in [-0.39, 0.29) is 6.10 Å². The zero-order valence-electron chi connectivity index (χ0n) is 16.4. The Bertz CT molecular complexity index is 1190. The van der Waals surface area contributed by atoms with Crippen LogP contribution >= 0.6 is 0 Å². The molecule has 0 saturated carbocycles. The van der Waals surface area contributed by atoms with E-state index in [4.69, 9.17) is 26.9 Å². The molecule has 0 saturated heterocycles. The van der Waals surface area contributed by atoms with Crippen LogP contribution in [0.15, 0.2) is 77.8 Å². The summed E-state index contributed by atoms with van der Waals surface area (Å²) in [5.41, 5.74) is 9.53. The van der Waals surface area contributed by atoms with Gasteiger partial charge in [0.2, 0.25) is 11.7 Å². The van der Waals surface area contributed by atoms with Gasteiger partial charge in [0.25, 0.3) is 0 Å². The van der Waals surface area contributed by atoms with E-state index in [9.17, 15) is 0 Å². The van der Waals surface area contributed by atoms with Gasteiger partial charge >= 0.3 is 0 Å². The number of hydrogen-bond donors (Lipinski definition) is 1. The average molecular weight is 396 g/mol. The van der Waals surface area contributed by atoms with Crippen molar-refractivity contribution >= 4 is 11.6 Å². The molecule has 3 aromatic rings. The molecule has 148 valence electrons. The van der Waals surface area contributed by atoms with Gasteiger partial charge in [0, 0.05) is 13.5 Å². The van der Waals surface area contributed by atoms with Crippen molar-refractivity contribution in [1.29, 1.82) is 0 Å². The molecule has 0 radical (unpaired) electrons. The van der Waals surface area contributed by atoms with Crippen molar-refractivity contribution in [3.63, 3.8) is 0 Å². The van der Waals surface area contributed by atoms with Gasteiger partial charge in [-0.25, -0.2) is 19.7 Å². The smallest absolute Gasteiger partial charge is 0.222 e. The minimum Gasteiger partial charge on any atom is -0.485 e. The zero-order valence-corrected chi connectivity index (χ0v) is 16.4. The first-order chi connectivity index (χ1) is 14.6. The lowest BCUT2D eigenvalue weighted by Crippen LogP contribution is -2.36. The summed E-state index contributed by atoms with van der Waals surface area (Å²) < 4.78 is 6.35. The summed E-state index contributed by atoms with van der Waals surface area (Å²) in [6.07, 6.45) is 0.290. The third kappa shape index (κ3) is 2.97. The Morgan fingerprint density at radius 1 is 1.07 bits per heavy atom. The maximum Gasteiger partial charge on any atom is 0.222 e. The van der Waals surface area contributed by atoms with Crippen LogP contribution in [-0.4, -0.2) is 18.1 Å². The number of hydroxylamine groups is 2. The van der Waals surface area contributed by atoms with E-state index in [2.05, 4.69) is 4.85 Å². The normalized spacial score (nSPS) is 22.2. The van der Waals surface area contributed by atoms with Gasteiger partial charge in [0.15, 0.2) is 5.69 Å². The first kappa shape index (κ1) is 18.2. The minimum absolute atomic E-state index is 0.210. The van der Waals surface area contributed by atoms with Crippen molar-refractivity contribution < 1.29 is 9.57 Å². The van der Waals surface area contributed by atoms with Gasteiger partial charge in [-0.3, -0.25) is 0 Å². The van der Waals surface area contributed by atoms with E-state index in [1.807, 2.05) is 66.7 Å². The van der Waals surface area contributed by atoms with Crippen LogP contribution in [0, 0.1) is 6.57 Å². The SMILES string of the molecule is [C-]#[N+]c1cccc(-c2ccc3c(c2)C2(CC(c4ccccc4)O3)N=C(N)N(C)O2)c1. The standard InChI is InChI=1S/C24H20N4O2/c1-26-19-10-6-9-17(13-19)18-11-12-21-20(14-18)24(27-23(25)28(2)30-24)15-22(29-21)16-7-4-3-5-8-16/h3-14,22H,15H2,2H3,(H2,25,27). The van der Waals surface area contributed by atoms with Gasteiger partial charge in [-0.2, -0.15) is 0 Å². The van der Waals surface area contributed by atoms with Crippen LogP contribution in [0.1, 0.15) is 23.7 Å². The second-order valence-electron chi connectivity index (χ2n) is 7.44. The van der Waals surface area contributed by atoms with Crippen LogP contribution in [0.2, 0.25) is 0 Å². The Balaban J connectivity index is 1.63. The van der Waals surface area contributed by atoms with Gasteiger partial charge in [0.1, 0.15) is 11.9 Å². The maximum atomic E-state index is 7.28. The molecule has 6 nitrogen and oxygen atoms in total. The molecule has 3 aromatic carbocycles. The fourth-order valence-electron chi connectivity index (χ4n) is 4.02. The van der Waals surface area contributed by atoms with Crippen molar-refractivity contribution in [3.8, 4) is 16.9 Å². The quantitative estimate of drug-likeness (QED) is 0.634. The van der Waals surface area contributed by atoms with Crippen LogP contribution in [0.5, 0.6) is 5.75 Å². The summed E-state index contributed by atoms with van der Waals surface area (Å²) in [5.74, 6) is 1.04. The molecule has 1 spiro atoms. The molecule has 2 aliphatic rings. The number of guanidine groups is 1. The maximum absolute atomic E-state index is 7.28. The highest BCUT2D eigenvalue weighted by molar-refractivity contribution is 5.79. The van der Waals surface area contributed by atoms with E-state index >= 15 is 0 Å². The summed E-state index contributed by atoms with van der Waals surface area (Å²) >= 11 is 0. The second-order valence-corrected chi connectivity index (χ2v) is 7.44. The molecule has 30 heavy (non-hydrogen) atoms. The Hall–Kier alpha value is -3.82. The van der Waals surface area contributed by atoms with Crippen LogP contribution in [0.25, 0.3) is 16.0 Å². The van der Waals surface area contributed by atoms with Crippen LogP contribution in [0.3, 0.4) is 0 Å². The largest absolute Gasteiger partial charge is 0.485 e. The average Bonchev–Trinajstić information content (AvgIpc) is 3.07. The van der Waals surface area contributed by atoms with Crippen molar-refractivity contribution in [2.45, 2.75) is 18.2 Å². The third-order valence-electron chi connectivity index (χ3n) is 5.52. The molecule has 5 rings (SSSR count). The molecule has 0 bridgehead atoms. The molecule has 2 N–H and O–H groups in total. The highest BCUT2D eigenvalue weighted by Crippen LogP contribution is 2.50. The van der Waals surface area contributed by atoms with Gasteiger partial charge in [0.05, 0.1) is 12.1 Å². The first-order valence-corrected chi connectivity index (χ1v) is 9.70. The molecule has 0 fully saturated rings. The van der Waals surface area contributed by atoms with Crippen LogP contribution in [-0.2, 0) is 10.6 Å². The summed E-state index contributed by atoms with van der Waals surface area (Å²) in [7, 11) is 1.75. The molecular weight excluding hydrogens is 376 g/mol. The summed E-state index contributed by atoms with van der Waals surface area (Å²) in [6.45, 7) is 7.28. The summed E-state index contributed by atoms with van der Waals surface area (Å²) in [5, 5.41) is 1.50. The number of rotatable bonds is 2. The lowest BCUT2D eigenvalue weighted by Gasteiger charge is -2.37. The molecular formula is C24H20N4O2. The highest BCUT2D eigenvalue weighted by Gasteiger charge is 2.49. The van der Waals surface area contributed by atoms with Crippen LogP contribution < -0.4 is 10.5 Å². The van der Waals surface area contributed by atoms with Gasteiger partial charge in [-0.05, 0) is 34.9 Å². The van der Waals surface area contributed by atoms with E-state index < -0.39 is 5.72 Å². The fourth-order valence-corrected chi connectivity index (χ4v) is 4.02. The predicted octanol–water partition coefficient (Wildman–Crippen LogP) is 4.77. The van der Waals surface area contributed by atoms with Crippen molar-refractivity contribution in [2.75, 3.05) is 7.05 Å².